The number of anilines is 1. The fourth-order valence-corrected chi connectivity index (χ4v) is 0.958. The Hall–Kier alpha value is -0.870. The van der Waals surface area contributed by atoms with E-state index in [0.717, 1.165) is 0 Å². The number of pyridine rings is 1. The van der Waals surface area contributed by atoms with Gasteiger partial charge in [0.2, 0.25) is 0 Å². The molecule has 3 nitrogen and oxygen atoms in total. The normalized spacial score (nSPS) is 12.6. The van der Waals surface area contributed by atoms with Crippen LogP contribution in [0.4, 0.5) is 10.2 Å². The quantitative estimate of drug-likeness (QED) is 0.785. The second-order valence-electron chi connectivity index (χ2n) is 2.77. The molecule has 1 rings (SSSR count). The van der Waals surface area contributed by atoms with Gasteiger partial charge in [-0.15, -0.1) is 0 Å². The molecule has 0 saturated heterocycles. The molecule has 72 valence electrons. The number of nitrogens with zero attached hydrogens (tertiary/aromatic N) is 1. The summed E-state index contributed by atoms with van der Waals surface area (Å²) in [5, 5.41) is 3.10. The van der Waals surface area contributed by atoms with E-state index in [9.17, 15) is 4.39 Å². The highest BCUT2D eigenvalue weighted by molar-refractivity contribution is 6.30. The summed E-state index contributed by atoms with van der Waals surface area (Å²) in [6.07, 6.45) is 1.39. The van der Waals surface area contributed by atoms with Gasteiger partial charge in [0.25, 0.3) is 0 Å². The zero-order chi connectivity index (χ0) is 9.84. The fraction of sp³-hybridized carbons (Fsp3) is 0.375. The van der Waals surface area contributed by atoms with Gasteiger partial charge < -0.3 is 11.1 Å². The first-order chi connectivity index (χ1) is 6.13. The molecule has 0 radical (unpaired) electrons. The van der Waals surface area contributed by atoms with Crippen molar-refractivity contribution in [1.29, 1.82) is 0 Å². The van der Waals surface area contributed by atoms with E-state index in [2.05, 4.69) is 10.3 Å². The van der Waals surface area contributed by atoms with Gasteiger partial charge in [0, 0.05) is 18.8 Å². The maximum absolute atomic E-state index is 13.1. The van der Waals surface area contributed by atoms with Crippen LogP contribution < -0.4 is 11.1 Å². The van der Waals surface area contributed by atoms with Crippen molar-refractivity contribution < 1.29 is 4.39 Å². The van der Waals surface area contributed by atoms with Crippen LogP contribution in [0.2, 0.25) is 5.02 Å². The van der Waals surface area contributed by atoms with Crippen LogP contribution in [0.15, 0.2) is 12.3 Å². The second kappa shape index (κ2) is 4.39. The first-order valence-corrected chi connectivity index (χ1v) is 4.29. The number of nitrogens with two attached hydrogens (primary N) is 1. The van der Waals surface area contributed by atoms with E-state index in [1.807, 2.05) is 6.92 Å². The Morgan fingerprint density at radius 2 is 2.46 bits per heavy atom. The molecule has 0 aliphatic heterocycles. The maximum Gasteiger partial charge on any atom is 0.166 e. The van der Waals surface area contributed by atoms with Crippen LogP contribution in [0.1, 0.15) is 6.92 Å². The van der Waals surface area contributed by atoms with E-state index in [0.29, 0.717) is 6.54 Å². The Kier molecular flexibility index (Phi) is 3.45. The number of aromatic nitrogens is 1. The molecule has 1 aromatic heterocycles. The van der Waals surface area contributed by atoms with Gasteiger partial charge >= 0.3 is 0 Å². The summed E-state index contributed by atoms with van der Waals surface area (Å²) in [5.74, 6) is -0.282. The van der Waals surface area contributed by atoms with Crippen molar-refractivity contribution in [3.63, 3.8) is 0 Å². The predicted octanol–water partition coefficient (Wildman–Crippen LogP) is 1.63. The van der Waals surface area contributed by atoms with Crippen LogP contribution in [0.25, 0.3) is 0 Å². The highest BCUT2D eigenvalue weighted by atomic mass is 35.5. The van der Waals surface area contributed by atoms with Crippen LogP contribution in [-0.2, 0) is 0 Å². The summed E-state index contributed by atoms with van der Waals surface area (Å²) < 4.78 is 13.1. The summed E-state index contributed by atoms with van der Waals surface area (Å²) in [6, 6.07) is 1.20. The molecular formula is C8H11ClFN3. The Morgan fingerprint density at radius 1 is 1.77 bits per heavy atom. The average Bonchev–Trinajstić information content (AvgIpc) is 2.09. The van der Waals surface area contributed by atoms with Crippen LogP contribution in [0, 0.1) is 5.82 Å². The SMILES string of the molecule is CC(CN)Nc1ncc(Cl)cc1F. The standard InChI is InChI=1S/C8H11ClFN3/c1-5(3-11)13-8-7(10)2-6(9)4-12-8/h2,4-5H,3,11H2,1H3,(H,12,13). The van der Waals surface area contributed by atoms with Crippen molar-refractivity contribution in [3.8, 4) is 0 Å². The fourth-order valence-electron chi connectivity index (χ4n) is 0.813. The summed E-state index contributed by atoms with van der Waals surface area (Å²) in [4.78, 5) is 3.79. The largest absolute Gasteiger partial charge is 0.364 e. The second-order valence-corrected chi connectivity index (χ2v) is 3.20. The summed E-state index contributed by atoms with van der Waals surface area (Å²) >= 11 is 5.53. The van der Waals surface area contributed by atoms with Crippen LogP contribution in [-0.4, -0.2) is 17.6 Å². The lowest BCUT2D eigenvalue weighted by atomic mass is 10.3. The van der Waals surface area contributed by atoms with Crippen molar-refractivity contribution in [2.75, 3.05) is 11.9 Å². The van der Waals surface area contributed by atoms with Crippen LogP contribution >= 0.6 is 11.6 Å². The molecule has 0 saturated carbocycles. The van der Waals surface area contributed by atoms with Gasteiger partial charge in [-0.2, -0.15) is 0 Å². The summed E-state index contributed by atoms with van der Waals surface area (Å²) in [7, 11) is 0. The van der Waals surface area contributed by atoms with E-state index in [1.54, 1.807) is 0 Å². The molecule has 0 bridgehead atoms. The number of nitrogens with one attached hydrogen (secondary N) is 1. The van der Waals surface area contributed by atoms with Crippen molar-refractivity contribution in [2.45, 2.75) is 13.0 Å². The molecule has 0 spiro atoms. The highest BCUT2D eigenvalue weighted by Crippen LogP contribution is 2.15. The van der Waals surface area contributed by atoms with E-state index in [-0.39, 0.29) is 16.9 Å². The van der Waals surface area contributed by atoms with Gasteiger partial charge in [0.1, 0.15) is 0 Å². The van der Waals surface area contributed by atoms with Gasteiger partial charge in [-0.3, -0.25) is 0 Å². The first kappa shape index (κ1) is 10.2. The van der Waals surface area contributed by atoms with Gasteiger partial charge in [0.05, 0.1) is 5.02 Å². The minimum atomic E-state index is -0.465. The summed E-state index contributed by atoms with van der Waals surface area (Å²) in [5.41, 5.74) is 5.36. The lowest BCUT2D eigenvalue weighted by molar-refractivity contribution is 0.620. The Labute approximate surface area is 81.1 Å². The van der Waals surface area contributed by atoms with E-state index < -0.39 is 5.82 Å². The number of rotatable bonds is 3. The highest BCUT2D eigenvalue weighted by Gasteiger charge is 2.06. The van der Waals surface area contributed by atoms with Crippen molar-refractivity contribution in [1.82, 2.24) is 4.98 Å². The molecule has 3 N–H and O–H groups in total. The van der Waals surface area contributed by atoms with E-state index in [1.165, 1.54) is 12.3 Å². The average molecular weight is 204 g/mol. The molecule has 0 aliphatic rings. The first-order valence-electron chi connectivity index (χ1n) is 3.91. The third-order valence-corrected chi connectivity index (χ3v) is 1.75. The molecule has 5 heteroatoms. The van der Waals surface area contributed by atoms with Crippen molar-refractivity contribution >= 4 is 17.4 Å². The molecule has 1 atom stereocenters. The molecule has 1 unspecified atom stereocenters. The lowest BCUT2D eigenvalue weighted by Gasteiger charge is -2.12. The maximum atomic E-state index is 13.1. The molecule has 1 aromatic rings. The van der Waals surface area contributed by atoms with Crippen molar-refractivity contribution in [2.24, 2.45) is 5.73 Å². The Balaban J connectivity index is 2.77. The Morgan fingerprint density at radius 3 is 3.00 bits per heavy atom. The van der Waals surface area contributed by atoms with Crippen LogP contribution in [0.3, 0.4) is 0 Å². The molecule has 0 aliphatic carbocycles. The van der Waals surface area contributed by atoms with Crippen molar-refractivity contribution in [3.05, 3.63) is 23.1 Å². The topological polar surface area (TPSA) is 50.9 Å². The summed E-state index contributed by atoms with van der Waals surface area (Å²) in [6.45, 7) is 2.26. The third kappa shape index (κ3) is 2.82. The molecule has 1 heterocycles. The molecule has 13 heavy (non-hydrogen) atoms. The Bertz CT molecular complexity index is 293. The van der Waals surface area contributed by atoms with Gasteiger partial charge in [-0.1, -0.05) is 11.6 Å². The zero-order valence-corrected chi connectivity index (χ0v) is 7.98. The number of hydrogen-bond donors (Lipinski definition) is 2. The van der Waals surface area contributed by atoms with E-state index >= 15 is 0 Å². The molecular weight excluding hydrogens is 193 g/mol. The number of halogens is 2. The molecule has 0 fully saturated rings. The minimum absolute atomic E-state index is 0.0109. The monoisotopic (exact) mass is 203 g/mol. The zero-order valence-electron chi connectivity index (χ0n) is 7.22. The third-order valence-electron chi connectivity index (χ3n) is 1.54. The van der Waals surface area contributed by atoms with Gasteiger partial charge in [-0.25, -0.2) is 9.37 Å². The number of hydrogen-bond acceptors (Lipinski definition) is 3. The smallest absolute Gasteiger partial charge is 0.166 e. The molecule has 0 amide bonds. The van der Waals surface area contributed by atoms with Crippen LogP contribution in [0.5, 0.6) is 0 Å². The minimum Gasteiger partial charge on any atom is -0.364 e. The van der Waals surface area contributed by atoms with Gasteiger partial charge in [-0.05, 0) is 13.0 Å². The molecule has 0 aromatic carbocycles. The predicted molar refractivity (Wildman–Crippen MR) is 51.3 cm³/mol. The lowest BCUT2D eigenvalue weighted by Crippen LogP contribution is -2.26. The van der Waals surface area contributed by atoms with Gasteiger partial charge in [0.15, 0.2) is 11.6 Å². The van der Waals surface area contributed by atoms with E-state index in [4.69, 9.17) is 17.3 Å².